The van der Waals surface area contributed by atoms with Crippen LogP contribution in [0.2, 0.25) is 0 Å². The average Bonchev–Trinajstić information content (AvgIpc) is 2.64. The molecule has 0 aliphatic rings. The zero-order chi connectivity index (χ0) is 19.9. The lowest BCUT2D eigenvalue weighted by molar-refractivity contribution is 0.396. The van der Waals surface area contributed by atoms with Gasteiger partial charge in [-0.15, -0.1) is 0 Å². The molecule has 146 valence electrons. The minimum atomic E-state index is -1.32. The molecular weight excluding hydrogens is 365 g/mol. The van der Waals surface area contributed by atoms with Gasteiger partial charge in [-0.25, -0.2) is 14.4 Å². The molecule has 0 aliphatic heterocycles. The van der Waals surface area contributed by atoms with Gasteiger partial charge >= 0.3 is 0 Å². The van der Waals surface area contributed by atoms with Crippen molar-refractivity contribution in [2.45, 2.75) is 51.2 Å². The number of rotatable bonds is 8. The molecule has 0 saturated carbocycles. The summed E-state index contributed by atoms with van der Waals surface area (Å²) < 4.78 is 34.7. The van der Waals surface area contributed by atoms with Gasteiger partial charge in [0, 0.05) is 11.8 Å². The molecule has 0 N–H and O–H groups in total. The standard InChI is InChI=1S/C20H26FN3O2S/c1-20(2,3)27(25)24-17(10-7-15-5-8-16(21)9-6-15)11-12-18-13-19(26-4)23-14-22-18/h5-6,8-9,13-14H,7,10-12H2,1-4H3/b24-17-/t27-/m0/s1. The lowest BCUT2D eigenvalue weighted by Crippen LogP contribution is -2.27. The van der Waals surface area contributed by atoms with Crippen LogP contribution in [0.25, 0.3) is 0 Å². The fourth-order valence-corrected chi connectivity index (χ4v) is 3.00. The topological polar surface area (TPSA) is 70.4 Å². The van der Waals surface area contributed by atoms with Crippen molar-refractivity contribution >= 4 is 17.1 Å². The van der Waals surface area contributed by atoms with E-state index in [0.717, 1.165) is 17.0 Å². The Kier molecular flexibility index (Phi) is 7.74. The van der Waals surface area contributed by atoms with E-state index in [-0.39, 0.29) is 5.82 Å². The third-order valence-electron chi connectivity index (χ3n) is 3.93. The van der Waals surface area contributed by atoms with Crippen LogP contribution in [0.3, 0.4) is 0 Å². The smallest absolute Gasteiger partial charge is 0.216 e. The average molecular weight is 392 g/mol. The number of benzene rings is 1. The molecule has 0 fully saturated rings. The van der Waals surface area contributed by atoms with Crippen LogP contribution in [0.5, 0.6) is 5.88 Å². The van der Waals surface area contributed by atoms with Gasteiger partial charge < -0.3 is 9.29 Å². The van der Waals surface area contributed by atoms with Crippen molar-refractivity contribution in [1.29, 1.82) is 0 Å². The molecule has 0 aliphatic carbocycles. The van der Waals surface area contributed by atoms with Gasteiger partial charge in [-0.05, 0) is 64.2 Å². The van der Waals surface area contributed by atoms with E-state index < -0.39 is 16.1 Å². The van der Waals surface area contributed by atoms with E-state index in [2.05, 4.69) is 14.4 Å². The summed E-state index contributed by atoms with van der Waals surface area (Å²) in [4.78, 5) is 8.26. The summed E-state index contributed by atoms with van der Waals surface area (Å²) in [5.41, 5.74) is 2.73. The summed E-state index contributed by atoms with van der Waals surface area (Å²) in [5, 5.41) is 0. The number of ether oxygens (including phenoxy) is 1. The lowest BCUT2D eigenvalue weighted by atomic mass is 10.0. The number of hydrogen-bond donors (Lipinski definition) is 0. The molecule has 2 aromatic rings. The second-order valence-corrected chi connectivity index (χ2v) is 9.10. The molecule has 7 heteroatoms. The first-order valence-corrected chi connectivity index (χ1v) is 9.96. The van der Waals surface area contributed by atoms with E-state index >= 15 is 0 Å². The molecule has 5 nitrogen and oxygen atoms in total. The minimum absolute atomic E-state index is 0.251. The Balaban J connectivity index is 2.08. The highest BCUT2D eigenvalue weighted by Gasteiger charge is 2.27. The molecule has 0 bridgehead atoms. The zero-order valence-corrected chi connectivity index (χ0v) is 17.1. The maximum absolute atomic E-state index is 13.1. The molecule has 0 spiro atoms. The van der Waals surface area contributed by atoms with Crippen LogP contribution in [0, 0.1) is 5.82 Å². The summed E-state index contributed by atoms with van der Waals surface area (Å²) in [5.74, 6) is 0.266. The summed E-state index contributed by atoms with van der Waals surface area (Å²) in [6.45, 7) is 5.71. The van der Waals surface area contributed by atoms with E-state index in [1.54, 1.807) is 25.3 Å². The second kappa shape index (κ2) is 9.80. The highest BCUT2D eigenvalue weighted by atomic mass is 32.2. The van der Waals surface area contributed by atoms with Crippen molar-refractivity contribution in [3.05, 3.63) is 53.7 Å². The summed E-state index contributed by atoms with van der Waals surface area (Å²) in [6, 6.07) is 8.23. The molecule has 0 amide bonds. The van der Waals surface area contributed by atoms with Crippen LogP contribution in [-0.4, -0.2) is 32.1 Å². The van der Waals surface area contributed by atoms with Crippen LogP contribution in [0.15, 0.2) is 41.1 Å². The number of halogens is 1. The fourth-order valence-electron chi connectivity index (χ4n) is 2.31. The molecule has 2 rings (SSSR count). The molecule has 1 aromatic carbocycles. The minimum Gasteiger partial charge on any atom is -0.591 e. The Labute approximate surface area is 163 Å². The van der Waals surface area contributed by atoms with Crippen LogP contribution in [-0.2, 0) is 24.2 Å². The van der Waals surface area contributed by atoms with Gasteiger partial charge in [0.1, 0.15) is 28.3 Å². The quantitative estimate of drug-likeness (QED) is 0.502. The van der Waals surface area contributed by atoms with Gasteiger partial charge in [0.15, 0.2) is 0 Å². The van der Waals surface area contributed by atoms with Crippen LogP contribution in [0.4, 0.5) is 4.39 Å². The van der Waals surface area contributed by atoms with Crippen LogP contribution < -0.4 is 4.74 Å². The second-order valence-electron chi connectivity index (χ2n) is 7.20. The van der Waals surface area contributed by atoms with Gasteiger partial charge in [0.25, 0.3) is 0 Å². The van der Waals surface area contributed by atoms with Crippen molar-refractivity contribution in [1.82, 2.24) is 9.97 Å². The molecule has 1 atom stereocenters. The van der Waals surface area contributed by atoms with Gasteiger partial charge in [0.05, 0.1) is 12.8 Å². The van der Waals surface area contributed by atoms with E-state index in [1.165, 1.54) is 18.5 Å². The number of methoxy groups -OCH3 is 1. The largest absolute Gasteiger partial charge is 0.591 e. The van der Waals surface area contributed by atoms with Gasteiger partial charge in [-0.1, -0.05) is 16.5 Å². The number of hydrogen-bond acceptors (Lipinski definition) is 5. The first-order chi connectivity index (χ1) is 12.8. The number of nitrogens with zero attached hydrogens (tertiary/aromatic N) is 3. The molecule has 27 heavy (non-hydrogen) atoms. The summed E-state index contributed by atoms with van der Waals surface area (Å²) in [7, 11) is 1.56. The third kappa shape index (κ3) is 7.27. The molecule has 0 unspecified atom stereocenters. The zero-order valence-electron chi connectivity index (χ0n) is 16.2. The van der Waals surface area contributed by atoms with Crippen molar-refractivity contribution in [2.75, 3.05) is 7.11 Å². The maximum Gasteiger partial charge on any atom is 0.216 e. The highest BCUT2D eigenvalue weighted by molar-refractivity contribution is 7.91. The molecule has 1 aromatic heterocycles. The predicted molar refractivity (Wildman–Crippen MR) is 107 cm³/mol. The molecule has 0 radical (unpaired) electrons. The maximum atomic E-state index is 13.1. The SMILES string of the molecule is COc1cc(CC/C(CCc2ccc(F)cc2)=N\[S@@+]([O-])C(C)(C)C)ncn1. The lowest BCUT2D eigenvalue weighted by Gasteiger charge is -2.19. The van der Waals surface area contributed by atoms with Gasteiger partial charge in [0.2, 0.25) is 5.88 Å². The third-order valence-corrected chi connectivity index (χ3v) is 5.40. The summed E-state index contributed by atoms with van der Waals surface area (Å²) >= 11 is -1.32. The fraction of sp³-hybridized carbons (Fsp3) is 0.450. The number of aromatic nitrogens is 2. The van der Waals surface area contributed by atoms with Crippen molar-refractivity contribution < 1.29 is 13.7 Å². The Morgan fingerprint density at radius 1 is 1.15 bits per heavy atom. The van der Waals surface area contributed by atoms with Crippen LogP contribution in [0.1, 0.15) is 44.9 Å². The van der Waals surface area contributed by atoms with Crippen molar-refractivity contribution in [3.8, 4) is 5.88 Å². The normalized spacial score (nSPS) is 13.5. The molecule has 1 heterocycles. The van der Waals surface area contributed by atoms with Crippen molar-refractivity contribution in [2.24, 2.45) is 4.40 Å². The highest BCUT2D eigenvalue weighted by Crippen LogP contribution is 2.19. The molecular formula is C20H26FN3O2S. The Hall–Kier alpha value is -1.99. The van der Waals surface area contributed by atoms with E-state index in [9.17, 15) is 8.94 Å². The van der Waals surface area contributed by atoms with Crippen LogP contribution >= 0.6 is 0 Å². The van der Waals surface area contributed by atoms with E-state index in [1.807, 2.05) is 20.8 Å². The Morgan fingerprint density at radius 2 is 1.81 bits per heavy atom. The first kappa shape index (κ1) is 21.3. The number of aryl methyl sites for hydroxylation is 2. The van der Waals surface area contributed by atoms with Gasteiger partial charge in [-0.3, -0.25) is 0 Å². The Bertz CT molecular complexity index is 761. The van der Waals surface area contributed by atoms with Crippen molar-refractivity contribution in [3.63, 3.8) is 0 Å². The first-order valence-electron chi connectivity index (χ1n) is 8.85. The summed E-state index contributed by atoms with van der Waals surface area (Å²) in [6.07, 6.45) is 4.14. The van der Waals surface area contributed by atoms with Gasteiger partial charge in [-0.2, -0.15) is 0 Å². The monoisotopic (exact) mass is 391 g/mol. The molecule has 0 saturated heterocycles. The predicted octanol–water partition coefficient (Wildman–Crippen LogP) is 4.09. The van der Waals surface area contributed by atoms with E-state index in [4.69, 9.17) is 4.74 Å². The Morgan fingerprint density at radius 3 is 2.44 bits per heavy atom. The van der Waals surface area contributed by atoms with E-state index in [0.29, 0.717) is 31.6 Å².